The Hall–Kier alpha value is -1.27. The van der Waals surface area contributed by atoms with Gasteiger partial charge in [0.15, 0.2) is 11.5 Å². The van der Waals surface area contributed by atoms with Crippen molar-refractivity contribution in [1.29, 1.82) is 0 Å². The highest BCUT2D eigenvalue weighted by Gasteiger charge is 2.21. The summed E-state index contributed by atoms with van der Waals surface area (Å²) in [4.78, 5) is 12.0. The van der Waals surface area contributed by atoms with Crippen LogP contribution >= 0.6 is 15.9 Å². The Morgan fingerprint density at radius 2 is 1.95 bits per heavy atom. The highest BCUT2D eigenvalue weighted by Crippen LogP contribution is 2.37. The summed E-state index contributed by atoms with van der Waals surface area (Å²) < 4.78 is 17.3. The summed E-state index contributed by atoms with van der Waals surface area (Å²) in [5.41, 5.74) is 0.941. The lowest BCUT2D eigenvalue weighted by atomic mass is 10.1. The summed E-state index contributed by atoms with van der Waals surface area (Å²) in [6, 6.07) is 3.61. The van der Waals surface area contributed by atoms with Gasteiger partial charge >= 0.3 is 0 Å². The number of fused-ring (bicyclic) bond motifs is 1. The third-order valence-corrected chi connectivity index (χ3v) is 3.96. The van der Waals surface area contributed by atoms with Crippen LogP contribution < -0.4 is 14.8 Å². The van der Waals surface area contributed by atoms with Crippen molar-refractivity contribution < 1.29 is 19.0 Å². The minimum Gasteiger partial charge on any atom is -0.486 e. The molecule has 0 unspecified atom stereocenters. The van der Waals surface area contributed by atoms with E-state index in [0.29, 0.717) is 25.6 Å². The maximum atomic E-state index is 12.0. The maximum absolute atomic E-state index is 12.0. The van der Waals surface area contributed by atoms with Crippen molar-refractivity contribution in [2.24, 2.45) is 0 Å². The molecule has 0 fully saturated rings. The molecule has 0 spiro atoms. The summed E-state index contributed by atoms with van der Waals surface area (Å²) >= 11 is 3.52. The average molecular weight is 358 g/mol. The molecule has 0 aromatic heterocycles. The Morgan fingerprint density at radius 1 is 1.33 bits per heavy atom. The predicted molar refractivity (Wildman–Crippen MR) is 82.8 cm³/mol. The molecule has 1 aromatic rings. The van der Waals surface area contributed by atoms with E-state index in [1.807, 2.05) is 26.0 Å². The van der Waals surface area contributed by atoms with E-state index in [4.69, 9.17) is 14.2 Å². The second-order valence-electron chi connectivity index (χ2n) is 4.85. The number of carbonyl (C=O) groups excluding carboxylic acids is 1. The molecule has 6 heteroatoms. The number of carbonyl (C=O) groups is 1. The van der Waals surface area contributed by atoms with E-state index in [1.165, 1.54) is 0 Å². The van der Waals surface area contributed by atoms with E-state index in [2.05, 4.69) is 21.2 Å². The standard InChI is InChI=1S/C15H20BrNO4/c1-4-19-10(3)15(18)17-9(2)11-7-13-14(8-12(11)16)21-6-5-20-13/h7-10H,4-6H2,1-3H3,(H,17,18)/t9-,10-/m0/s1. The molecule has 116 valence electrons. The molecule has 0 aliphatic carbocycles. The molecule has 21 heavy (non-hydrogen) atoms. The van der Waals surface area contributed by atoms with Gasteiger partial charge in [0.2, 0.25) is 5.91 Å². The summed E-state index contributed by atoms with van der Waals surface area (Å²) in [5, 5.41) is 2.94. The molecule has 2 atom stereocenters. The van der Waals surface area contributed by atoms with Gasteiger partial charge in [0, 0.05) is 11.1 Å². The average Bonchev–Trinajstić information content (AvgIpc) is 2.46. The summed E-state index contributed by atoms with van der Waals surface area (Å²) in [6.07, 6.45) is -0.464. The van der Waals surface area contributed by atoms with E-state index in [1.54, 1.807) is 6.92 Å². The minimum atomic E-state index is -0.464. The van der Waals surface area contributed by atoms with Crippen LogP contribution in [0.3, 0.4) is 0 Å². The monoisotopic (exact) mass is 357 g/mol. The molecular weight excluding hydrogens is 338 g/mol. The minimum absolute atomic E-state index is 0.133. The largest absolute Gasteiger partial charge is 0.486 e. The smallest absolute Gasteiger partial charge is 0.249 e. The predicted octanol–water partition coefficient (Wildman–Crippen LogP) is 2.82. The van der Waals surface area contributed by atoms with Crippen molar-refractivity contribution in [3.63, 3.8) is 0 Å². The molecule has 0 saturated carbocycles. The van der Waals surface area contributed by atoms with Crippen LogP contribution in [0, 0.1) is 0 Å². The second-order valence-corrected chi connectivity index (χ2v) is 5.70. The van der Waals surface area contributed by atoms with Gasteiger partial charge in [0.1, 0.15) is 19.3 Å². The van der Waals surface area contributed by atoms with Crippen LogP contribution in [0.1, 0.15) is 32.4 Å². The maximum Gasteiger partial charge on any atom is 0.249 e. The van der Waals surface area contributed by atoms with Crippen LogP contribution in [0.4, 0.5) is 0 Å². The third kappa shape index (κ3) is 3.89. The van der Waals surface area contributed by atoms with Crippen LogP contribution in [-0.2, 0) is 9.53 Å². The van der Waals surface area contributed by atoms with Crippen molar-refractivity contribution in [1.82, 2.24) is 5.32 Å². The fourth-order valence-electron chi connectivity index (χ4n) is 2.15. The Morgan fingerprint density at radius 3 is 2.57 bits per heavy atom. The number of rotatable bonds is 5. The van der Waals surface area contributed by atoms with E-state index >= 15 is 0 Å². The zero-order valence-corrected chi connectivity index (χ0v) is 14.0. The fraction of sp³-hybridized carbons (Fsp3) is 0.533. The molecule has 0 bridgehead atoms. The highest BCUT2D eigenvalue weighted by atomic mass is 79.9. The quantitative estimate of drug-likeness (QED) is 0.880. The van der Waals surface area contributed by atoms with E-state index in [0.717, 1.165) is 15.8 Å². The van der Waals surface area contributed by atoms with E-state index in [9.17, 15) is 4.79 Å². The van der Waals surface area contributed by atoms with Gasteiger partial charge in [-0.05, 0) is 38.5 Å². The molecule has 0 saturated heterocycles. The Kier molecular flexibility index (Phi) is 5.47. The van der Waals surface area contributed by atoms with Gasteiger partial charge < -0.3 is 19.5 Å². The van der Waals surface area contributed by atoms with Crippen molar-refractivity contribution in [2.45, 2.75) is 32.9 Å². The number of hydrogen-bond donors (Lipinski definition) is 1. The molecule has 2 rings (SSSR count). The van der Waals surface area contributed by atoms with Crippen molar-refractivity contribution in [2.75, 3.05) is 19.8 Å². The second kappa shape index (κ2) is 7.13. The number of halogens is 1. The van der Waals surface area contributed by atoms with Crippen LogP contribution in [0.2, 0.25) is 0 Å². The molecule has 1 aliphatic heterocycles. The van der Waals surface area contributed by atoms with Gasteiger partial charge in [-0.3, -0.25) is 4.79 Å². The lowest BCUT2D eigenvalue weighted by Gasteiger charge is -2.23. The first kappa shape index (κ1) is 16.1. The van der Waals surface area contributed by atoms with Crippen LogP contribution in [0.25, 0.3) is 0 Å². The fourth-order valence-corrected chi connectivity index (χ4v) is 2.81. The first-order chi connectivity index (χ1) is 10.0. The van der Waals surface area contributed by atoms with Crippen molar-refractivity contribution >= 4 is 21.8 Å². The highest BCUT2D eigenvalue weighted by molar-refractivity contribution is 9.10. The molecule has 5 nitrogen and oxygen atoms in total. The molecule has 0 radical (unpaired) electrons. The van der Waals surface area contributed by atoms with Crippen LogP contribution in [0.15, 0.2) is 16.6 Å². The molecular formula is C15H20BrNO4. The van der Waals surface area contributed by atoms with Crippen molar-refractivity contribution in [3.8, 4) is 11.5 Å². The van der Waals surface area contributed by atoms with E-state index in [-0.39, 0.29) is 11.9 Å². The summed E-state index contributed by atoms with van der Waals surface area (Å²) in [5.74, 6) is 1.29. The topological polar surface area (TPSA) is 56.8 Å². The van der Waals surface area contributed by atoms with Crippen molar-refractivity contribution in [3.05, 3.63) is 22.2 Å². The zero-order valence-electron chi connectivity index (χ0n) is 12.4. The molecule has 1 aromatic carbocycles. The van der Waals surface area contributed by atoms with Gasteiger partial charge in [-0.15, -0.1) is 0 Å². The molecule has 1 heterocycles. The van der Waals surface area contributed by atoms with Gasteiger partial charge in [-0.2, -0.15) is 0 Å². The Bertz CT molecular complexity index is 521. The number of nitrogens with one attached hydrogen (secondary N) is 1. The van der Waals surface area contributed by atoms with Gasteiger partial charge in [0.05, 0.1) is 6.04 Å². The first-order valence-electron chi connectivity index (χ1n) is 7.04. The molecule has 1 aliphatic rings. The SMILES string of the molecule is CCO[C@@H](C)C(=O)N[C@@H](C)c1cc2c(cc1Br)OCCO2. The first-order valence-corrected chi connectivity index (χ1v) is 7.83. The lowest BCUT2D eigenvalue weighted by molar-refractivity contribution is -0.132. The van der Waals surface area contributed by atoms with Crippen LogP contribution in [0.5, 0.6) is 11.5 Å². The number of ether oxygens (including phenoxy) is 3. The number of hydrogen-bond acceptors (Lipinski definition) is 4. The Balaban J connectivity index is 2.12. The molecule has 1 amide bonds. The van der Waals surface area contributed by atoms with Crippen LogP contribution in [-0.4, -0.2) is 31.8 Å². The number of benzene rings is 1. The van der Waals surface area contributed by atoms with E-state index < -0.39 is 6.10 Å². The number of amides is 1. The zero-order chi connectivity index (χ0) is 15.4. The lowest BCUT2D eigenvalue weighted by Crippen LogP contribution is -2.36. The van der Waals surface area contributed by atoms with Gasteiger partial charge in [-0.1, -0.05) is 15.9 Å². The molecule has 1 N–H and O–H groups in total. The summed E-state index contributed by atoms with van der Waals surface area (Å²) in [7, 11) is 0. The normalized spacial score (nSPS) is 16.2. The third-order valence-electron chi connectivity index (χ3n) is 3.27. The Labute approximate surface area is 133 Å². The summed E-state index contributed by atoms with van der Waals surface area (Å²) in [6.45, 7) is 7.13. The van der Waals surface area contributed by atoms with Gasteiger partial charge in [0.25, 0.3) is 0 Å². The van der Waals surface area contributed by atoms with Gasteiger partial charge in [-0.25, -0.2) is 0 Å².